The van der Waals surface area contributed by atoms with Gasteiger partial charge in [-0.3, -0.25) is 4.90 Å². The molecule has 1 saturated heterocycles. The van der Waals surface area contributed by atoms with E-state index in [1.807, 2.05) is 12.1 Å². The SMILES string of the molecule is CC(C)(C)[Si](C)(C)OCCN1CCN(c2ccc(Br)cc2F)CC1. The Bertz CT molecular complexity index is 554. The molecular formula is C18H30BrFN2OSi. The molecule has 6 heteroatoms. The number of halogens is 2. The first kappa shape index (κ1) is 19.9. The Hall–Kier alpha value is -0.433. The van der Waals surface area contributed by atoms with Gasteiger partial charge in [-0.25, -0.2) is 4.39 Å². The average Bonchev–Trinajstić information content (AvgIpc) is 2.47. The van der Waals surface area contributed by atoms with Crippen molar-refractivity contribution < 1.29 is 8.82 Å². The van der Waals surface area contributed by atoms with Crippen molar-refractivity contribution in [1.29, 1.82) is 0 Å². The molecule has 1 heterocycles. The zero-order valence-corrected chi connectivity index (χ0v) is 18.1. The van der Waals surface area contributed by atoms with E-state index in [4.69, 9.17) is 4.43 Å². The van der Waals surface area contributed by atoms with Crippen LogP contribution in [0.4, 0.5) is 10.1 Å². The maximum Gasteiger partial charge on any atom is 0.192 e. The number of anilines is 1. The fourth-order valence-electron chi connectivity index (χ4n) is 2.60. The third kappa shape index (κ3) is 5.03. The van der Waals surface area contributed by atoms with Crippen LogP contribution in [-0.4, -0.2) is 52.5 Å². The third-order valence-electron chi connectivity index (χ3n) is 5.30. The lowest BCUT2D eigenvalue weighted by atomic mass is 10.2. The van der Waals surface area contributed by atoms with Gasteiger partial charge < -0.3 is 9.33 Å². The molecule has 1 aliphatic rings. The normalized spacial score (nSPS) is 17.4. The third-order valence-corrected chi connectivity index (χ3v) is 10.3. The van der Waals surface area contributed by atoms with Crippen LogP contribution in [0, 0.1) is 5.82 Å². The summed E-state index contributed by atoms with van der Waals surface area (Å²) in [6.45, 7) is 16.8. The lowest BCUT2D eigenvalue weighted by Gasteiger charge is -2.39. The molecule has 0 unspecified atom stereocenters. The van der Waals surface area contributed by atoms with Crippen molar-refractivity contribution in [3.63, 3.8) is 0 Å². The quantitative estimate of drug-likeness (QED) is 0.644. The second-order valence-corrected chi connectivity index (χ2v) is 13.8. The predicted molar refractivity (Wildman–Crippen MR) is 106 cm³/mol. The largest absolute Gasteiger partial charge is 0.416 e. The molecule has 0 amide bonds. The Labute approximate surface area is 155 Å². The zero-order chi connectivity index (χ0) is 18.0. The molecule has 24 heavy (non-hydrogen) atoms. The molecule has 0 bridgehead atoms. The maximum absolute atomic E-state index is 14.1. The van der Waals surface area contributed by atoms with Crippen LogP contribution < -0.4 is 4.90 Å². The minimum atomic E-state index is -1.66. The smallest absolute Gasteiger partial charge is 0.192 e. The summed E-state index contributed by atoms with van der Waals surface area (Å²) in [5, 5.41) is 0.255. The molecule has 0 radical (unpaired) electrons. The summed E-state index contributed by atoms with van der Waals surface area (Å²) in [7, 11) is -1.66. The molecule has 136 valence electrons. The van der Waals surface area contributed by atoms with E-state index in [1.165, 1.54) is 6.07 Å². The van der Waals surface area contributed by atoms with Crippen molar-refractivity contribution >= 4 is 29.9 Å². The molecule has 0 N–H and O–H groups in total. The number of hydrogen-bond donors (Lipinski definition) is 0. The summed E-state index contributed by atoms with van der Waals surface area (Å²) >= 11 is 3.31. The van der Waals surface area contributed by atoms with Gasteiger partial charge in [0.05, 0.1) is 5.69 Å². The molecule has 0 spiro atoms. The first-order valence-corrected chi connectivity index (χ1v) is 12.4. The lowest BCUT2D eigenvalue weighted by molar-refractivity contribution is 0.190. The average molecular weight is 417 g/mol. The van der Waals surface area contributed by atoms with Crippen molar-refractivity contribution in [2.75, 3.05) is 44.2 Å². The van der Waals surface area contributed by atoms with Gasteiger partial charge in [-0.2, -0.15) is 0 Å². The molecule has 3 nitrogen and oxygen atoms in total. The summed E-state index contributed by atoms with van der Waals surface area (Å²) in [6.07, 6.45) is 0. The van der Waals surface area contributed by atoms with Crippen molar-refractivity contribution in [2.45, 2.75) is 38.9 Å². The minimum absolute atomic E-state index is 0.154. The molecule has 0 aromatic heterocycles. The molecule has 0 aliphatic carbocycles. The molecular weight excluding hydrogens is 387 g/mol. The van der Waals surface area contributed by atoms with Gasteiger partial charge >= 0.3 is 0 Å². The first-order valence-electron chi connectivity index (χ1n) is 8.66. The summed E-state index contributed by atoms with van der Waals surface area (Å²) in [5.41, 5.74) is 0.704. The molecule has 1 aromatic rings. The Morgan fingerprint density at radius 3 is 2.33 bits per heavy atom. The van der Waals surface area contributed by atoms with Gasteiger partial charge in [0.25, 0.3) is 0 Å². The maximum atomic E-state index is 14.1. The number of nitrogens with zero attached hydrogens (tertiary/aromatic N) is 2. The van der Waals surface area contributed by atoms with E-state index >= 15 is 0 Å². The van der Waals surface area contributed by atoms with Gasteiger partial charge in [-0.05, 0) is 36.3 Å². The van der Waals surface area contributed by atoms with Crippen LogP contribution in [0.1, 0.15) is 20.8 Å². The number of hydrogen-bond acceptors (Lipinski definition) is 3. The second kappa shape index (κ2) is 7.85. The number of piperazine rings is 1. The van der Waals surface area contributed by atoms with Crippen LogP contribution in [0.5, 0.6) is 0 Å². The fraction of sp³-hybridized carbons (Fsp3) is 0.667. The van der Waals surface area contributed by atoms with Crippen molar-refractivity contribution in [1.82, 2.24) is 4.90 Å². The van der Waals surface area contributed by atoms with Crippen LogP contribution in [0.25, 0.3) is 0 Å². The van der Waals surface area contributed by atoms with Gasteiger partial charge in [-0.1, -0.05) is 36.7 Å². The van der Waals surface area contributed by atoms with E-state index in [-0.39, 0.29) is 10.9 Å². The molecule has 1 fully saturated rings. The van der Waals surface area contributed by atoms with Crippen molar-refractivity contribution in [3.8, 4) is 0 Å². The molecule has 1 aliphatic heterocycles. The van der Waals surface area contributed by atoms with Gasteiger partial charge in [0.2, 0.25) is 0 Å². The van der Waals surface area contributed by atoms with Crippen molar-refractivity contribution in [2.24, 2.45) is 0 Å². The summed E-state index contributed by atoms with van der Waals surface area (Å²) in [6, 6.07) is 5.29. The number of benzene rings is 1. The van der Waals surface area contributed by atoms with E-state index < -0.39 is 8.32 Å². The Kier molecular flexibility index (Phi) is 6.50. The van der Waals surface area contributed by atoms with Crippen LogP contribution in [0.15, 0.2) is 22.7 Å². The van der Waals surface area contributed by atoms with Gasteiger partial charge in [-0.15, -0.1) is 0 Å². The van der Waals surface area contributed by atoms with E-state index in [0.717, 1.165) is 43.8 Å². The van der Waals surface area contributed by atoms with E-state index in [2.05, 4.69) is 59.6 Å². The van der Waals surface area contributed by atoms with E-state index in [9.17, 15) is 4.39 Å². The standard InChI is InChI=1S/C18H30BrFN2OSi/c1-18(2,3)24(4,5)23-13-12-21-8-10-22(11-9-21)17-7-6-15(19)14-16(17)20/h6-7,14H,8-13H2,1-5H3. The van der Waals surface area contributed by atoms with E-state index in [1.54, 1.807) is 0 Å². The summed E-state index contributed by atoms with van der Waals surface area (Å²) in [5.74, 6) is -0.154. The second-order valence-electron chi connectivity index (χ2n) is 8.03. The Morgan fingerprint density at radius 2 is 1.79 bits per heavy atom. The van der Waals surface area contributed by atoms with Gasteiger partial charge in [0, 0.05) is 43.8 Å². The van der Waals surface area contributed by atoms with Crippen LogP contribution in [-0.2, 0) is 4.43 Å². The Morgan fingerprint density at radius 1 is 1.17 bits per heavy atom. The lowest BCUT2D eigenvalue weighted by Crippen LogP contribution is -2.49. The molecule has 0 atom stereocenters. The number of rotatable bonds is 5. The molecule has 0 saturated carbocycles. The van der Waals surface area contributed by atoms with Crippen LogP contribution in [0.3, 0.4) is 0 Å². The molecule has 2 rings (SSSR count). The summed E-state index contributed by atoms with van der Waals surface area (Å²) < 4.78 is 21.1. The van der Waals surface area contributed by atoms with Crippen LogP contribution in [0.2, 0.25) is 18.1 Å². The minimum Gasteiger partial charge on any atom is -0.416 e. The Balaban J connectivity index is 1.79. The highest BCUT2D eigenvalue weighted by molar-refractivity contribution is 9.10. The fourth-order valence-corrected chi connectivity index (χ4v) is 3.96. The predicted octanol–water partition coefficient (Wildman–Crippen LogP) is 4.73. The van der Waals surface area contributed by atoms with Crippen LogP contribution >= 0.6 is 15.9 Å². The highest BCUT2D eigenvalue weighted by atomic mass is 79.9. The van der Waals surface area contributed by atoms with Crippen molar-refractivity contribution in [3.05, 3.63) is 28.5 Å². The zero-order valence-electron chi connectivity index (χ0n) is 15.5. The first-order chi connectivity index (χ1) is 11.1. The molecule has 1 aromatic carbocycles. The topological polar surface area (TPSA) is 15.7 Å². The highest BCUT2D eigenvalue weighted by Gasteiger charge is 2.37. The monoisotopic (exact) mass is 416 g/mol. The highest BCUT2D eigenvalue weighted by Crippen LogP contribution is 2.36. The van der Waals surface area contributed by atoms with Gasteiger partial charge in [0.1, 0.15) is 5.82 Å². The van der Waals surface area contributed by atoms with E-state index in [0.29, 0.717) is 5.69 Å². The van der Waals surface area contributed by atoms with Gasteiger partial charge in [0.15, 0.2) is 8.32 Å². The summed E-state index contributed by atoms with van der Waals surface area (Å²) in [4.78, 5) is 4.55.